The van der Waals surface area contributed by atoms with Crippen LogP contribution in [-0.2, 0) is 16.6 Å². The molecule has 4 rings (SSSR count). The summed E-state index contributed by atoms with van der Waals surface area (Å²) in [5.74, 6) is 0.152. The zero-order valence-corrected chi connectivity index (χ0v) is 15.6. The van der Waals surface area contributed by atoms with Gasteiger partial charge in [-0.3, -0.25) is 0 Å². The van der Waals surface area contributed by atoms with Crippen molar-refractivity contribution in [3.05, 3.63) is 83.9 Å². The Kier molecular flexibility index (Phi) is 4.49. The number of rotatable bonds is 4. The molecule has 0 saturated heterocycles. The van der Waals surface area contributed by atoms with Gasteiger partial charge in [0.25, 0.3) is 0 Å². The maximum absolute atomic E-state index is 14.6. The summed E-state index contributed by atoms with van der Waals surface area (Å²) < 4.78 is 49.8. The van der Waals surface area contributed by atoms with Crippen molar-refractivity contribution in [2.24, 2.45) is 0 Å². The van der Waals surface area contributed by atoms with Gasteiger partial charge in [-0.2, -0.15) is 4.31 Å². The summed E-state index contributed by atoms with van der Waals surface area (Å²) in [4.78, 5) is 0.157. The fraction of sp³-hybridized carbons (Fsp3) is 0.200. The highest BCUT2D eigenvalue weighted by Crippen LogP contribution is 2.37. The van der Waals surface area contributed by atoms with Crippen LogP contribution in [0.25, 0.3) is 0 Å². The summed E-state index contributed by atoms with van der Waals surface area (Å²) in [6.45, 7) is 0.776. The van der Waals surface area contributed by atoms with E-state index in [9.17, 15) is 12.8 Å². The summed E-state index contributed by atoms with van der Waals surface area (Å²) in [6.07, 6.45) is 1.89. The lowest BCUT2D eigenvalue weighted by Crippen LogP contribution is -2.42. The predicted octanol–water partition coefficient (Wildman–Crippen LogP) is 3.43. The molecule has 1 aliphatic heterocycles. The number of halogens is 1. The van der Waals surface area contributed by atoms with Crippen LogP contribution < -0.4 is 4.74 Å². The Morgan fingerprint density at radius 2 is 1.74 bits per heavy atom. The molecule has 3 aromatic rings. The van der Waals surface area contributed by atoms with Gasteiger partial charge in [-0.25, -0.2) is 12.8 Å². The molecule has 1 aromatic heterocycles. The lowest BCUT2D eigenvalue weighted by Gasteiger charge is -2.36. The molecule has 140 valence electrons. The molecule has 1 atom stereocenters. The molecule has 0 N–H and O–H groups in total. The van der Waals surface area contributed by atoms with Gasteiger partial charge in [0.1, 0.15) is 11.6 Å². The zero-order chi connectivity index (χ0) is 19.0. The second-order valence-corrected chi connectivity index (χ2v) is 8.23. The van der Waals surface area contributed by atoms with Crippen molar-refractivity contribution in [1.82, 2.24) is 8.87 Å². The van der Waals surface area contributed by atoms with E-state index >= 15 is 0 Å². The van der Waals surface area contributed by atoms with Crippen molar-refractivity contribution in [3.63, 3.8) is 0 Å². The number of nitrogens with zero attached hydrogens (tertiary/aromatic N) is 2. The average molecular weight is 386 g/mol. The molecule has 0 bridgehead atoms. The van der Waals surface area contributed by atoms with Gasteiger partial charge in [-0.15, -0.1) is 0 Å². The van der Waals surface area contributed by atoms with Crippen LogP contribution in [0.3, 0.4) is 0 Å². The Morgan fingerprint density at radius 3 is 2.44 bits per heavy atom. The normalized spacial score (nSPS) is 17.5. The van der Waals surface area contributed by atoms with E-state index in [4.69, 9.17) is 4.74 Å². The van der Waals surface area contributed by atoms with Crippen molar-refractivity contribution in [2.45, 2.75) is 17.5 Å². The predicted molar refractivity (Wildman–Crippen MR) is 99.6 cm³/mol. The molecule has 0 spiro atoms. The quantitative estimate of drug-likeness (QED) is 0.690. The van der Waals surface area contributed by atoms with E-state index in [0.29, 0.717) is 17.9 Å². The zero-order valence-electron chi connectivity index (χ0n) is 14.7. The molecular formula is C20H19FN2O3S. The number of fused-ring (bicyclic) bond motifs is 1. The van der Waals surface area contributed by atoms with Crippen LogP contribution in [-0.4, -0.2) is 30.9 Å². The lowest BCUT2D eigenvalue weighted by molar-refractivity contribution is 0.293. The van der Waals surface area contributed by atoms with E-state index in [1.165, 1.54) is 29.6 Å². The largest absolute Gasteiger partial charge is 0.497 e. The molecule has 0 aliphatic carbocycles. The van der Waals surface area contributed by atoms with Crippen molar-refractivity contribution in [2.75, 3.05) is 13.7 Å². The summed E-state index contributed by atoms with van der Waals surface area (Å²) in [7, 11) is -2.30. The Morgan fingerprint density at radius 1 is 1.00 bits per heavy atom. The first-order valence-electron chi connectivity index (χ1n) is 8.58. The minimum atomic E-state index is -3.82. The van der Waals surface area contributed by atoms with Gasteiger partial charge < -0.3 is 9.30 Å². The Labute approximate surface area is 157 Å². The first-order valence-corrected chi connectivity index (χ1v) is 10.0. The molecule has 0 radical (unpaired) electrons. The monoisotopic (exact) mass is 386 g/mol. The Bertz CT molecular complexity index is 1060. The van der Waals surface area contributed by atoms with E-state index in [1.807, 2.05) is 22.9 Å². The average Bonchev–Trinajstić information content (AvgIpc) is 3.16. The van der Waals surface area contributed by atoms with E-state index in [0.717, 1.165) is 5.69 Å². The van der Waals surface area contributed by atoms with E-state index in [2.05, 4.69) is 0 Å². The van der Waals surface area contributed by atoms with Gasteiger partial charge in [-0.05, 0) is 42.5 Å². The van der Waals surface area contributed by atoms with E-state index in [-0.39, 0.29) is 11.4 Å². The Hall–Kier alpha value is -2.64. The summed E-state index contributed by atoms with van der Waals surface area (Å²) in [5, 5.41) is 0. The second-order valence-electron chi connectivity index (χ2n) is 6.34. The molecule has 2 heterocycles. The third-order valence-corrected chi connectivity index (χ3v) is 6.74. The van der Waals surface area contributed by atoms with Crippen LogP contribution >= 0.6 is 0 Å². The Balaban J connectivity index is 1.84. The molecule has 0 amide bonds. The molecule has 2 aromatic carbocycles. The molecule has 27 heavy (non-hydrogen) atoms. The van der Waals surface area contributed by atoms with E-state index in [1.54, 1.807) is 30.3 Å². The molecule has 5 nitrogen and oxygen atoms in total. The highest BCUT2D eigenvalue weighted by molar-refractivity contribution is 7.89. The van der Waals surface area contributed by atoms with Gasteiger partial charge in [0.15, 0.2) is 0 Å². The smallest absolute Gasteiger partial charge is 0.244 e. The van der Waals surface area contributed by atoms with Crippen LogP contribution in [0.2, 0.25) is 0 Å². The molecule has 1 aliphatic rings. The number of benzene rings is 2. The topological polar surface area (TPSA) is 51.5 Å². The van der Waals surface area contributed by atoms with Crippen LogP contribution in [0.4, 0.5) is 4.39 Å². The highest BCUT2D eigenvalue weighted by atomic mass is 32.2. The third kappa shape index (κ3) is 3.02. The fourth-order valence-electron chi connectivity index (χ4n) is 3.52. The number of sulfonamides is 1. The minimum Gasteiger partial charge on any atom is -0.497 e. The molecule has 7 heteroatoms. The van der Waals surface area contributed by atoms with Gasteiger partial charge in [0.2, 0.25) is 10.0 Å². The van der Waals surface area contributed by atoms with E-state index < -0.39 is 21.9 Å². The third-order valence-electron chi connectivity index (χ3n) is 4.86. The van der Waals surface area contributed by atoms with Crippen LogP contribution in [0.5, 0.6) is 5.75 Å². The van der Waals surface area contributed by atoms with Gasteiger partial charge in [-0.1, -0.05) is 18.2 Å². The van der Waals surface area contributed by atoms with Gasteiger partial charge in [0, 0.05) is 30.5 Å². The number of hydrogen-bond donors (Lipinski definition) is 0. The summed E-state index contributed by atoms with van der Waals surface area (Å²) >= 11 is 0. The first kappa shape index (κ1) is 17.8. The number of aromatic nitrogens is 1. The SMILES string of the molecule is COc1ccc(S(=O)(=O)N2CCn3cccc3[C@H]2c2ccccc2F)cc1. The number of hydrogen-bond acceptors (Lipinski definition) is 3. The fourth-order valence-corrected chi connectivity index (χ4v) is 5.09. The molecular weight excluding hydrogens is 367 g/mol. The van der Waals surface area contributed by atoms with Gasteiger partial charge in [0.05, 0.1) is 18.0 Å². The maximum Gasteiger partial charge on any atom is 0.244 e. The van der Waals surface area contributed by atoms with Gasteiger partial charge >= 0.3 is 0 Å². The van der Waals surface area contributed by atoms with Crippen molar-refractivity contribution in [1.29, 1.82) is 0 Å². The lowest BCUT2D eigenvalue weighted by atomic mass is 10.0. The number of methoxy groups -OCH3 is 1. The standard InChI is InChI=1S/C20H19FN2O3S/c1-26-15-8-10-16(11-9-15)27(24,25)23-14-13-22-12-4-7-19(22)20(23)17-5-2-3-6-18(17)21/h2-12,20H,13-14H2,1H3/t20-/m1/s1. The van der Waals surface area contributed by atoms with Crippen molar-refractivity contribution < 1.29 is 17.5 Å². The summed E-state index contributed by atoms with van der Waals surface area (Å²) in [6, 6.07) is 15.5. The second kappa shape index (κ2) is 6.83. The maximum atomic E-state index is 14.6. The first-order chi connectivity index (χ1) is 13.0. The minimum absolute atomic E-state index is 0.157. The van der Waals surface area contributed by atoms with Crippen molar-refractivity contribution >= 4 is 10.0 Å². The highest BCUT2D eigenvalue weighted by Gasteiger charge is 2.38. The molecule has 0 saturated carbocycles. The summed E-state index contributed by atoms with van der Waals surface area (Å²) in [5.41, 5.74) is 1.10. The van der Waals surface area contributed by atoms with Crippen LogP contribution in [0.1, 0.15) is 17.3 Å². The molecule has 0 unspecified atom stereocenters. The van der Waals surface area contributed by atoms with Crippen LogP contribution in [0.15, 0.2) is 71.8 Å². The van der Waals surface area contributed by atoms with Crippen LogP contribution in [0, 0.1) is 5.82 Å². The number of ether oxygens (including phenoxy) is 1. The molecule has 0 fully saturated rings. The van der Waals surface area contributed by atoms with Crippen molar-refractivity contribution in [3.8, 4) is 5.75 Å².